The maximum atomic E-state index is 2.60. The lowest BCUT2D eigenvalue weighted by atomic mass is 9.33. The molecule has 0 saturated carbocycles. The fraction of sp³-hybridized carbons (Fsp3) is 0.207. The molecule has 2 aliphatic rings. The second-order valence-electron chi connectivity index (χ2n) is 20.1. The zero-order valence-corrected chi connectivity index (χ0v) is 39.7. The summed E-state index contributed by atoms with van der Waals surface area (Å²) in [6, 6.07) is 49.8. The topological polar surface area (TPSA) is 6.48 Å². The lowest BCUT2D eigenvalue weighted by Gasteiger charge is -2.45. The van der Waals surface area contributed by atoms with Crippen molar-refractivity contribution in [3.05, 3.63) is 172 Å². The second-order valence-corrected chi connectivity index (χ2v) is 22.0. The molecule has 2 aromatic heterocycles. The monoisotopic (exact) mass is 852 g/mol. The molecule has 0 spiro atoms. The van der Waals surface area contributed by atoms with Crippen molar-refractivity contribution in [2.45, 2.75) is 80.1 Å². The summed E-state index contributed by atoms with van der Waals surface area (Å²) < 4.78 is 2.64. The van der Waals surface area contributed by atoms with Gasteiger partial charge in [0.05, 0.1) is 11.4 Å². The number of benzene rings is 7. The Morgan fingerprint density at radius 1 is 0.413 bits per heavy atom. The Labute approximate surface area is 381 Å². The summed E-state index contributed by atoms with van der Waals surface area (Å²) in [5.41, 5.74) is 24.5. The van der Waals surface area contributed by atoms with Crippen LogP contribution < -0.4 is 26.2 Å². The van der Waals surface area contributed by atoms with E-state index in [1.165, 1.54) is 126 Å². The predicted molar refractivity (Wildman–Crippen MR) is 278 cm³/mol. The third-order valence-electron chi connectivity index (χ3n) is 13.7. The van der Waals surface area contributed by atoms with Crippen molar-refractivity contribution in [1.82, 2.24) is 0 Å². The summed E-state index contributed by atoms with van der Waals surface area (Å²) in [6.07, 6.45) is 0. The van der Waals surface area contributed by atoms with Crippen LogP contribution in [0, 0.1) is 27.7 Å². The van der Waals surface area contributed by atoms with Crippen LogP contribution in [0.25, 0.3) is 42.4 Å². The Kier molecular flexibility index (Phi) is 9.08. The Morgan fingerprint density at radius 3 is 1.19 bits per heavy atom. The van der Waals surface area contributed by atoms with Gasteiger partial charge >= 0.3 is 0 Å². The Hall–Kier alpha value is -5.88. The quantitative estimate of drug-likeness (QED) is 0.163. The van der Waals surface area contributed by atoms with Crippen molar-refractivity contribution < 1.29 is 0 Å². The molecule has 2 nitrogen and oxygen atoms in total. The highest BCUT2D eigenvalue weighted by molar-refractivity contribution is 7.17. The van der Waals surface area contributed by atoms with E-state index in [0.717, 1.165) is 0 Å². The SMILES string of the molecule is Cc1cc(C(C)(C)C)cc(C)c1N1c2ccc(-c3ccc4sccc4c3)cc2B2c3cc(-c4ccc5sccc5c4)ccc3N(c3c(C)cc(C(C)(C)C)cc3C)c3cccc1c32. The molecule has 0 N–H and O–H groups in total. The van der Waals surface area contributed by atoms with Crippen LogP contribution in [0.15, 0.2) is 138 Å². The number of fused-ring (bicyclic) bond motifs is 6. The molecular weight excluding hydrogens is 800 g/mol. The molecule has 0 saturated heterocycles. The van der Waals surface area contributed by atoms with Gasteiger partial charge in [0, 0.05) is 32.1 Å². The largest absolute Gasteiger partial charge is 0.311 e. The van der Waals surface area contributed by atoms with Gasteiger partial charge in [-0.05, 0) is 193 Å². The first-order valence-electron chi connectivity index (χ1n) is 22.3. The van der Waals surface area contributed by atoms with Crippen molar-refractivity contribution in [2.24, 2.45) is 0 Å². The number of thiophene rings is 2. The molecule has 0 atom stereocenters. The highest BCUT2D eigenvalue weighted by Crippen LogP contribution is 2.48. The zero-order chi connectivity index (χ0) is 43.7. The van der Waals surface area contributed by atoms with Gasteiger partial charge in [0.1, 0.15) is 0 Å². The van der Waals surface area contributed by atoms with E-state index < -0.39 is 0 Å². The van der Waals surface area contributed by atoms with Crippen molar-refractivity contribution >= 4 is 100 Å². The van der Waals surface area contributed by atoms with Gasteiger partial charge in [-0.3, -0.25) is 0 Å². The molecule has 9 aromatic rings. The maximum Gasteiger partial charge on any atom is 0.252 e. The minimum atomic E-state index is -0.00715. The number of anilines is 6. The highest BCUT2D eigenvalue weighted by atomic mass is 32.1. The van der Waals surface area contributed by atoms with Crippen molar-refractivity contribution in [3.8, 4) is 22.3 Å². The van der Waals surface area contributed by atoms with E-state index in [4.69, 9.17) is 0 Å². The van der Waals surface area contributed by atoms with Gasteiger partial charge in [-0.1, -0.05) is 108 Å². The average Bonchev–Trinajstić information content (AvgIpc) is 3.93. The summed E-state index contributed by atoms with van der Waals surface area (Å²) in [5, 5.41) is 6.99. The van der Waals surface area contributed by atoms with E-state index in [2.05, 4.69) is 217 Å². The number of nitrogens with zero attached hydrogens (tertiary/aromatic N) is 2. The van der Waals surface area contributed by atoms with Crippen LogP contribution >= 0.6 is 22.7 Å². The maximum absolute atomic E-state index is 2.60. The van der Waals surface area contributed by atoms with Gasteiger partial charge in [0.25, 0.3) is 6.71 Å². The molecule has 5 heteroatoms. The van der Waals surface area contributed by atoms with Crippen molar-refractivity contribution in [3.63, 3.8) is 0 Å². The van der Waals surface area contributed by atoms with E-state index in [0.29, 0.717) is 0 Å². The van der Waals surface area contributed by atoms with E-state index in [1.54, 1.807) is 22.7 Å². The smallest absolute Gasteiger partial charge is 0.252 e. The summed E-state index contributed by atoms with van der Waals surface area (Å²) in [4.78, 5) is 5.21. The molecule has 0 amide bonds. The van der Waals surface area contributed by atoms with Gasteiger partial charge in [0.2, 0.25) is 0 Å². The molecule has 63 heavy (non-hydrogen) atoms. The standard InChI is InChI=1S/C58H53BN2S2/c1-34-26-44(57(5,6)7)27-35(2)55(34)60-48-18-14-40(38-16-20-52-42(30-38)22-24-62-52)32-46(48)59-47-33-41(39-17-21-53-43(31-39)23-25-63-53)15-19-49(47)61(51-13-11-12-50(60)54(51)59)56-36(3)28-45(29-37(56)4)58(8,9)10/h11-33H,1-10H3. The summed E-state index contributed by atoms with van der Waals surface area (Å²) in [6.45, 7) is 23.2. The first-order chi connectivity index (χ1) is 30.1. The Bertz CT molecular complexity index is 3070. The molecule has 310 valence electrons. The van der Waals surface area contributed by atoms with Crippen molar-refractivity contribution in [2.75, 3.05) is 9.80 Å². The molecule has 0 bridgehead atoms. The van der Waals surface area contributed by atoms with Crippen LogP contribution in [0.2, 0.25) is 0 Å². The van der Waals surface area contributed by atoms with E-state index >= 15 is 0 Å². The fourth-order valence-corrected chi connectivity index (χ4v) is 12.1. The number of rotatable bonds is 4. The van der Waals surface area contributed by atoms with Crippen LogP contribution in [0.5, 0.6) is 0 Å². The zero-order valence-electron chi connectivity index (χ0n) is 38.1. The Balaban J connectivity index is 1.22. The molecule has 0 unspecified atom stereocenters. The third-order valence-corrected chi connectivity index (χ3v) is 15.5. The van der Waals surface area contributed by atoms with Gasteiger partial charge in [-0.2, -0.15) is 0 Å². The molecule has 11 rings (SSSR count). The first-order valence-corrected chi connectivity index (χ1v) is 24.1. The average molecular weight is 853 g/mol. The summed E-state index contributed by atoms with van der Waals surface area (Å²) in [5.74, 6) is 0. The molecule has 0 fully saturated rings. The van der Waals surface area contributed by atoms with Crippen LogP contribution in [0.1, 0.15) is 74.9 Å². The molecule has 0 radical (unpaired) electrons. The van der Waals surface area contributed by atoms with Gasteiger partial charge < -0.3 is 9.80 Å². The summed E-state index contributed by atoms with van der Waals surface area (Å²) >= 11 is 3.61. The molecule has 7 aromatic carbocycles. The fourth-order valence-electron chi connectivity index (χ4n) is 10.6. The van der Waals surface area contributed by atoms with E-state index in [9.17, 15) is 0 Å². The lowest BCUT2D eigenvalue weighted by Crippen LogP contribution is -2.61. The molecule has 4 heterocycles. The minimum Gasteiger partial charge on any atom is -0.311 e. The first kappa shape index (κ1) is 39.9. The normalized spacial score (nSPS) is 13.5. The van der Waals surface area contributed by atoms with E-state index in [-0.39, 0.29) is 17.5 Å². The van der Waals surface area contributed by atoms with Crippen LogP contribution in [-0.2, 0) is 10.8 Å². The Morgan fingerprint density at radius 2 is 0.794 bits per heavy atom. The number of hydrogen-bond donors (Lipinski definition) is 0. The van der Waals surface area contributed by atoms with E-state index in [1.807, 2.05) is 0 Å². The molecule has 2 aliphatic heterocycles. The molecule has 0 aliphatic carbocycles. The van der Waals surface area contributed by atoms with Gasteiger partial charge in [-0.15, -0.1) is 22.7 Å². The summed E-state index contributed by atoms with van der Waals surface area (Å²) in [7, 11) is 0. The predicted octanol–water partition coefficient (Wildman–Crippen LogP) is 15.4. The highest BCUT2D eigenvalue weighted by Gasteiger charge is 2.44. The molecular formula is C58H53BN2S2. The third kappa shape index (κ3) is 6.41. The van der Waals surface area contributed by atoms with Crippen molar-refractivity contribution in [1.29, 1.82) is 0 Å². The second kappa shape index (κ2) is 14.3. The van der Waals surface area contributed by atoms with Gasteiger partial charge in [-0.25, -0.2) is 0 Å². The van der Waals surface area contributed by atoms with Crippen LogP contribution in [0.4, 0.5) is 34.1 Å². The van der Waals surface area contributed by atoms with Crippen LogP contribution in [0.3, 0.4) is 0 Å². The van der Waals surface area contributed by atoms with Gasteiger partial charge in [0.15, 0.2) is 0 Å². The van der Waals surface area contributed by atoms with Crippen LogP contribution in [-0.4, -0.2) is 6.71 Å². The lowest BCUT2D eigenvalue weighted by molar-refractivity contribution is 0.589. The minimum absolute atomic E-state index is 0.00715. The number of hydrogen-bond acceptors (Lipinski definition) is 4. The number of aryl methyl sites for hydroxylation is 4.